The third kappa shape index (κ3) is 4.07. The van der Waals surface area contributed by atoms with E-state index in [2.05, 4.69) is 4.90 Å². The van der Waals surface area contributed by atoms with Crippen LogP contribution in [0, 0.1) is 5.41 Å². The minimum atomic E-state index is -0.0862. The Kier molecular flexibility index (Phi) is 4.52. The maximum atomic E-state index is 9.21. The quantitative estimate of drug-likeness (QED) is 0.700. The molecule has 0 aromatic rings. The van der Waals surface area contributed by atoms with E-state index in [0.29, 0.717) is 0 Å². The Balaban J connectivity index is 2.47. The second-order valence-corrected chi connectivity index (χ2v) is 5.27. The van der Waals surface area contributed by atoms with Gasteiger partial charge in [0.15, 0.2) is 0 Å². The molecular weight excluding hydrogens is 194 g/mol. The Morgan fingerprint density at radius 3 is 2.53 bits per heavy atom. The monoisotopic (exact) mass is 217 g/mol. The van der Waals surface area contributed by atoms with Crippen LogP contribution in [0.3, 0.4) is 0 Å². The topological polar surface area (TPSA) is 52.9 Å². The van der Waals surface area contributed by atoms with Crippen molar-refractivity contribution in [2.75, 3.05) is 32.8 Å². The highest BCUT2D eigenvalue weighted by Gasteiger charge is 2.28. The fourth-order valence-corrected chi connectivity index (χ4v) is 2.03. The van der Waals surface area contributed by atoms with Gasteiger partial charge in [0.25, 0.3) is 0 Å². The van der Waals surface area contributed by atoms with E-state index in [1.54, 1.807) is 0 Å². The van der Waals surface area contributed by atoms with Crippen molar-refractivity contribution in [1.29, 1.82) is 0 Å². The van der Waals surface area contributed by atoms with E-state index in [4.69, 9.17) is 9.84 Å². The number of hydrogen-bond acceptors (Lipinski definition) is 4. The van der Waals surface area contributed by atoms with Crippen LogP contribution < -0.4 is 0 Å². The highest BCUT2D eigenvalue weighted by atomic mass is 16.5. The van der Waals surface area contributed by atoms with E-state index in [9.17, 15) is 5.11 Å². The number of morpholine rings is 1. The number of ether oxygens (including phenoxy) is 1. The lowest BCUT2D eigenvalue weighted by molar-refractivity contribution is -0.103. The van der Waals surface area contributed by atoms with Crippen LogP contribution in [0.2, 0.25) is 0 Å². The Hall–Kier alpha value is -0.160. The summed E-state index contributed by atoms with van der Waals surface area (Å²) in [5.41, 5.74) is -0.0862. The molecule has 1 aliphatic heterocycles. The van der Waals surface area contributed by atoms with Crippen LogP contribution >= 0.6 is 0 Å². The van der Waals surface area contributed by atoms with Gasteiger partial charge < -0.3 is 14.9 Å². The Labute approximate surface area is 91.8 Å². The molecule has 15 heavy (non-hydrogen) atoms. The van der Waals surface area contributed by atoms with Gasteiger partial charge in [-0.3, -0.25) is 4.90 Å². The molecular formula is C11H23NO3. The third-order valence-corrected chi connectivity index (χ3v) is 2.69. The highest BCUT2D eigenvalue weighted by Crippen LogP contribution is 2.19. The van der Waals surface area contributed by atoms with Gasteiger partial charge in [-0.25, -0.2) is 0 Å². The second kappa shape index (κ2) is 5.25. The normalized spacial score (nSPS) is 29.4. The first-order valence-electron chi connectivity index (χ1n) is 5.56. The zero-order valence-electron chi connectivity index (χ0n) is 9.94. The van der Waals surface area contributed by atoms with E-state index in [1.807, 2.05) is 20.8 Å². The van der Waals surface area contributed by atoms with Gasteiger partial charge in [0.1, 0.15) is 0 Å². The molecule has 4 nitrogen and oxygen atoms in total. The zero-order valence-corrected chi connectivity index (χ0v) is 9.94. The minimum absolute atomic E-state index is 0.0698. The smallest absolute Gasteiger partial charge is 0.0936 e. The van der Waals surface area contributed by atoms with Crippen LogP contribution in [0.1, 0.15) is 20.8 Å². The molecule has 0 aliphatic carbocycles. The molecule has 0 spiro atoms. The molecule has 2 atom stereocenters. The maximum absolute atomic E-state index is 9.21. The molecule has 0 amide bonds. The summed E-state index contributed by atoms with van der Waals surface area (Å²) in [4.78, 5) is 2.26. The van der Waals surface area contributed by atoms with Crippen molar-refractivity contribution in [2.24, 2.45) is 5.41 Å². The average molecular weight is 217 g/mol. The van der Waals surface area contributed by atoms with Gasteiger partial charge in [0.2, 0.25) is 0 Å². The summed E-state index contributed by atoms with van der Waals surface area (Å²) in [6, 6.07) is 0. The van der Waals surface area contributed by atoms with Gasteiger partial charge in [0.05, 0.1) is 18.8 Å². The number of aliphatic hydroxyl groups is 2. The predicted octanol–water partition coefficient (Wildman–Crippen LogP) is 0.0865. The number of aliphatic hydroxyl groups excluding tert-OH is 2. The molecule has 4 heteroatoms. The summed E-state index contributed by atoms with van der Waals surface area (Å²) in [6.07, 6.45) is 0.0774. The Morgan fingerprint density at radius 1 is 1.33 bits per heavy atom. The summed E-state index contributed by atoms with van der Waals surface area (Å²) >= 11 is 0. The lowest BCUT2D eigenvalue weighted by Gasteiger charge is -2.39. The van der Waals surface area contributed by atoms with E-state index >= 15 is 0 Å². The van der Waals surface area contributed by atoms with Crippen LogP contribution in [0.25, 0.3) is 0 Å². The molecule has 2 unspecified atom stereocenters. The third-order valence-electron chi connectivity index (χ3n) is 2.69. The van der Waals surface area contributed by atoms with Crippen LogP contribution in [-0.4, -0.2) is 60.2 Å². The molecule has 1 saturated heterocycles. The van der Waals surface area contributed by atoms with Crippen molar-refractivity contribution in [3.63, 3.8) is 0 Å². The molecule has 0 aromatic carbocycles. The maximum Gasteiger partial charge on any atom is 0.0936 e. The molecule has 0 aromatic heterocycles. The molecule has 1 aliphatic rings. The lowest BCUT2D eigenvalue weighted by atomic mass is 9.93. The first-order chi connectivity index (χ1) is 6.96. The van der Waals surface area contributed by atoms with Crippen molar-refractivity contribution >= 4 is 0 Å². The van der Waals surface area contributed by atoms with E-state index in [-0.39, 0.29) is 30.8 Å². The van der Waals surface area contributed by atoms with E-state index in [0.717, 1.165) is 19.6 Å². The molecule has 1 fully saturated rings. The van der Waals surface area contributed by atoms with E-state index in [1.165, 1.54) is 0 Å². The van der Waals surface area contributed by atoms with Crippen molar-refractivity contribution in [3.8, 4) is 0 Å². The van der Waals surface area contributed by atoms with Gasteiger partial charge in [0, 0.05) is 31.7 Å². The predicted molar refractivity (Wildman–Crippen MR) is 58.7 cm³/mol. The number of rotatable bonds is 4. The average Bonchev–Trinajstić information content (AvgIpc) is 2.16. The summed E-state index contributed by atoms with van der Waals surface area (Å²) < 4.78 is 5.56. The highest BCUT2D eigenvalue weighted by molar-refractivity contribution is 4.80. The fraction of sp³-hybridized carbons (Fsp3) is 1.00. The molecule has 2 N–H and O–H groups in total. The molecule has 1 rings (SSSR count). The van der Waals surface area contributed by atoms with Gasteiger partial charge >= 0.3 is 0 Å². The summed E-state index contributed by atoms with van der Waals surface area (Å²) in [7, 11) is 0. The molecule has 1 heterocycles. The zero-order chi connectivity index (χ0) is 11.5. The Bertz CT molecular complexity index is 196. The van der Waals surface area contributed by atoms with Crippen molar-refractivity contribution in [2.45, 2.75) is 33.0 Å². The summed E-state index contributed by atoms with van der Waals surface area (Å²) in [6.45, 7) is 8.82. The lowest BCUT2D eigenvalue weighted by Crippen LogP contribution is -2.51. The van der Waals surface area contributed by atoms with Crippen LogP contribution in [-0.2, 0) is 4.74 Å². The molecule has 0 bridgehead atoms. The first kappa shape index (κ1) is 12.9. The first-order valence-corrected chi connectivity index (χ1v) is 5.56. The van der Waals surface area contributed by atoms with Gasteiger partial charge in [-0.15, -0.1) is 0 Å². The Morgan fingerprint density at radius 2 is 2.00 bits per heavy atom. The van der Waals surface area contributed by atoms with Gasteiger partial charge in [-0.2, -0.15) is 0 Å². The molecule has 0 saturated carbocycles. The SMILES string of the molecule is CC1CN(CC(C)(C)CO)CC(CO)O1. The standard InChI is InChI=1S/C11H23NO3/c1-9-4-12(5-10(6-13)15-9)7-11(2,3)8-14/h9-10,13-14H,4-8H2,1-3H3. The van der Waals surface area contributed by atoms with Crippen molar-refractivity contribution in [3.05, 3.63) is 0 Å². The summed E-state index contributed by atoms with van der Waals surface area (Å²) in [5.74, 6) is 0. The van der Waals surface area contributed by atoms with E-state index < -0.39 is 0 Å². The largest absolute Gasteiger partial charge is 0.396 e. The van der Waals surface area contributed by atoms with Gasteiger partial charge in [-0.05, 0) is 6.92 Å². The second-order valence-electron chi connectivity index (χ2n) is 5.27. The number of nitrogens with zero attached hydrogens (tertiary/aromatic N) is 1. The molecule has 90 valence electrons. The minimum Gasteiger partial charge on any atom is -0.396 e. The van der Waals surface area contributed by atoms with Crippen molar-refractivity contribution in [1.82, 2.24) is 4.90 Å². The fourth-order valence-electron chi connectivity index (χ4n) is 2.03. The number of hydrogen-bond donors (Lipinski definition) is 2. The summed E-state index contributed by atoms with van der Waals surface area (Å²) in [5, 5.41) is 18.3. The van der Waals surface area contributed by atoms with Crippen molar-refractivity contribution < 1.29 is 14.9 Å². The van der Waals surface area contributed by atoms with Crippen LogP contribution in [0.5, 0.6) is 0 Å². The van der Waals surface area contributed by atoms with Gasteiger partial charge in [-0.1, -0.05) is 13.8 Å². The van der Waals surface area contributed by atoms with Crippen LogP contribution in [0.4, 0.5) is 0 Å². The van der Waals surface area contributed by atoms with Crippen LogP contribution in [0.15, 0.2) is 0 Å². The molecule has 0 radical (unpaired) electrons.